The average molecular weight is 250 g/mol. The summed E-state index contributed by atoms with van der Waals surface area (Å²) in [6, 6.07) is 8.28. The molecule has 0 amide bonds. The minimum Gasteiger partial charge on any atom is -0.282 e. The minimum atomic E-state index is 0.240. The summed E-state index contributed by atoms with van der Waals surface area (Å²) >= 11 is 1.43. The summed E-state index contributed by atoms with van der Waals surface area (Å²) in [5, 5.41) is 0.240. The van der Waals surface area contributed by atoms with Gasteiger partial charge in [-0.3, -0.25) is 4.79 Å². The fraction of sp³-hybridized carbons (Fsp3) is 0.462. The molecule has 3 heteroatoms. The highest BCUT2D eigenvalue weighted by molar-refractivity contribution is 8.31. The standard InChI is InChI=1S/C13H18OSSi/c14-13(15-16)12-8-4-7-11(9-12)10-5-2-1-3-6-10/h4,7-10H,1-3,5-6H2,16H3. The third-order valence-electron chi connectivity index (χ3n) is 3.38. The Morgan fingerprint density at radius 1 is 1.25 bits per heavy atom. The van der Waals surface area contributed by atoms with Gasteiger partial charge in [0.2, 0.25) is 5.12 Å². The van der Waals surface area contributed by atoms with Gasteiger partial charge < -0.3 is 0 Å². The van der Waals surface area contributed by atoms with Crippen LogP contribution in [0.25, 0.3) is 0 Å². The monoisotopic (exact) mass is 250 g/mol. The molecule has 0 aromatic heterocycles. The van der Waals surface area contributed by atoms with Crippen molar-refractivity contribution in [1.29, 1.82) is 0 Å². The van der Waals surface area contributed by atoms with Crippen LogP contribution < -0.4 is 0 Å². The number of hydrogen-bond donors (Lipinski definition) is 0. The van der Waals surface area contributed by atoms with Crippen molar-refractivity contribution in [2.45, 2.75) is 38.0 Å². The molecule has 0 atom stereocenters. The van der Waals surface area contributed by atoms with Crippen molar-refractivity contribution >= 4 is 25.7 Å². The first kappa shape index (κ1) is 11.9. The van der Waals surface area contributed by atoms with E-state index in [1.807, 2.05) is 12.1 Å². The molecule has 0 bridgehead atoms. The lowest BCUT2D eigenvalue weighted by molar-refractivity contribution is 0.109. The predicted molar refractivity (Wildman–Crippen MR) is 74.1 cm³/mol. The molecule has 2 rings (SSSR count). The van der Waals surface area contributed by atoms with E-state index in [4.69, 9.17) is 0 Å². The maximum atomic E-state index is 11.6. The summed E-state index contributed by atoms with van der Waals surface area (Å²) in [6.45, 7) is 0. The largest absolute Gasteiger partial charge is 0.282 e. The van der Waals surface area contributed by atoms with Crippen molar-refractivity contribution in [3.63, 3.8) is 0 Å². The second-order valence-electron chi connectivity index (χ2n) is 4.45. The predicted octanol–water partition coefficient (Wildman–Crippen LogP) is 2.89. The Hall–Kier alpha value is -0.543. The van der Waals surface area contributed by atoms with Crippen LogP contribution >= 0.6 is 11.2 Å². The molecule has 1 saturated carbocycles. The number of carbonyl (C=O) groups is 1. The van der Waals surface area contributed by atoms with Crippen molar-refractivity contribution in [3.8, 4) is 0 Å². The van der Waals surface area contributed by atoms with Gasteiger partial charge >= 0.3 is 0 Å². The molecule has 0 heterocycles. The Morgan fingerprint density at radius 2 is 2.00 bits per heavy atom. The van der Waals surface area contributed by atoms with Gasteiger partial charge in [-0.1, -0.05) is 37.5 Å². The van der Waals surface area contributed by atoms with Crippen LogP contribution in [0.2, 0.25) is 0 Å². The van der Waals surface area contributed by atoms with Gasteiger partial charge in [0.25, 0.3) is 0 Å². The van der Waals surface area contributed by atoms with Crippen LogP contribution in [0.15, 0.2) is 24.3 Å². The lowest BCUT2D eigenvalue weighted by Gasteiger charge is -2.22. The van der Waals surface area contributed by atoms with Crippen molar-refractivity contribution in [2.75, 3.05) is 0 Å². The van der Waals surface area contributed by atoms with Gasteiger partial charge in [-0.2, -0.15) is 0 Å². The first-order chi connectivity index (χ1) is 7.81. The molecule has 0 aliphatic heterocycles. The van der Waals surface area contributed by atoms with Crippen LogP contribution in [0, 0.1) is 0 Å². The van der Waals surface area contributed by atoms with Gasteiger partial charge in [-0.15, -0.1) is 11.2 Å². The summed E-state index contributed by atoms with van der Waals surface area (Å²) in [4.78, 5) is 11.6. The Kier molecular flexibility index (Phi) is 4.24. The molecule has 1 aromatic carbocycles. The Labute approximate surface area is 104 Å². The molecule has 1 nitrogen and oxygen atoms in total. The Bertz CT molecular complexity index is 372. The summed E-state index contributed by atoms with van der Waals surface area (Å²) in [6.07, 6.45) is 6.67. The van der Waals surface area contributed by atoms with Crippen molar-refractivity contribution in [2.24, 2.45) is 0 Å². The van der Waals surface area contributed by atoms with E-state index in [1.165, 1.54) is 48.9 Å². The summed E-state index contributed by atoms with van der Waals surface area (Å²) in [5.74, 6) is 0.695. The SMILES string of the molecule is O=C(S[SiH3])c1cccc(C2CCCCC2)c1. The molecule has 0 spiro atoms. The van der Waals surface area contributed by atoms with Crippen LogP contribution in [-0.2, 0) is 0 Å². The number of rotatable bonds is 2. The normalized spacial score (nSPS) is 17.5. The topological polar surface area (TPSA) is 17.1 Å². The maximum absolute atomic E-state index is 11.6. The van der Waals surface area contributed by atoms with Gasteiger partial charge in [-0.05, 0) is 30.4 Å². The highest BCUT2D eigenvalue weighted by Gasteiger charge is 2.16. The van der Waals surface area contributed by atoms with Gasteiger partial charge in [0.15, 0.2) is 0 Å². The molecule has 0 unspecified atom stereocenters. The van der Waals surface area contributed by atoms with E-state index in [2.05, 4.69) is 12.1 Å². The lowest BCUT2D eigenvalue weighted by atomic mass is 9.84. The van der Waals surface area contributed by atoms with E-state index in [0.29, 0.717) is 5.92 Å². The molecule has 0 N–H and O–H groups in total. The van der Waals surface area contributed by atoms with Gasteiger partial charge in [-0.25, -0.2) is 0 Å². The maximum Gasteiger partial charge on any atom is 0.212 e. The minimum absolute atomic E-state index is 0.240. The van der Waals surface area contributed by atoms with Crippen molar-refractivity contribution < 1.29 is 4.79 Å². The van der Waals surface area contributed by atoms with Crippen molar-refractivity contribution in [3.05, 3.63) is 35.4 Å². The molecule has 0 radical (unpaired) electrons. The molecule has 86 valence electrons. The molecule has 1 aromatic rings. The molecule has 1 aliphatic rings. The highest BCUT2D eigenvalue weighted by atomic mass is 32.4. The van der Waals surface area contributed by atoms with E-state index in [0.717, 1.165) is 15.0 Å². The molecule has 1 fully saturated rings. The second-order valence-corrected chi connectivity index (χ2v) is 6.46. The van der Waals surface area contributed by atoms with E-state index in [1.54, 1.807) is 0 Å². The quantitative estimate of drug-likeness (QED) is 0.751. The van der Waals surface area contributed by atoms with Gasteiger partial charge in [0, 0.05) is 5.56 Å². The number of benzene rings is 1. The first-order valence-corrected chi connectivity index (χ1v) is 9.67. The first-order valence-electron chi connectivity index (χ1n) is 5.99. The van der Waals surface area contributed by atoms with Crippen LogP contribution in [0.1, 0.15) is 53.9 Å². The third kappa shape index (κ3) is 2.77. The fourth-order valence-electron chi connectivity index (χ4n) is 2.47. The van der Waals surface area contributed by atoms with Crippen molar-refractivity contribution in [1.82, 2.24) is 0 Å². The zero-order valence-corrected chi connectivity index (χ0v) is 12.6. The van der Waals surface area contributed by atoms with E-state index < -0.39 is 0 Å². The lowest BCUT2D eigenvalue weighted by Crippen LogP contribution is -2.05. The molecular formula is C13H18OSSi. The number of hydrogen-bond acceptors (Lipinski definition) is 2. The Morgan fingerprint density at radius 3 is 2.69 bits per heavy atom. The third-order valence-corrected chi connectivity index (χ3v) is 5.10. The second kappa shape index (κ2) is 5.69. The molecular weight excluding hydrogens is 232 g/mol. The molecule has 0 saturated heterocycles. The van der Waals surface area contributed by atoms with E-state index in [-0.39, 0.29) is 5.12 Å². The zero-order chi connectivity index (χ0) is 11.4. The summed E-state index contributed by atoms with van der Waals surface area (Å²) in [5.41, 5.74) is 2.27. The van der Waals surface area contributed by atoms with Gasteiger partial charge in [0.1, 0.15) is 0 Å². The summed E-state index contributed by atoms with van der Waals surface area (Å²) < 4.78 is 0. The highest BCUT2D eigenvalue weighted by Crippen LogP contribution is 2.33. The fourth-order valence-corrected chi connectivity index (χ4v) is 3.54. The van der Waals surface area contributed by atoms with E-state index in [9.17, 15) is 4.79 Å². The average Bonchev–Trinajstić information content (AvgIpc) is 2.39. The summed E-state index contributed by atoms with van der Waals surface area (Å²) in [7, 11) is 0.883. The van der Waals surface area contributed by atoms with Crippen LogP contribution in [-0.4, -0.2) is 14.5 Å². The zero-order valence-electron chi connectivity index (χ0n) is 9.74. The molecule has 1 aliphatic carbocycles. The Balaban J connectivity index is 2.17. The smallest absolute Gasteiger partial charge is 0.212 e. The molecule has 16 heavy (non-hydrogen) atoms. The number of carbonyl (C=O) groups excluding carboxylic acids is 1. The van der Waals surface area contributed by atoms with Crippen LogP contribution in [0.3, 0.4) is 0 Å². The van der Waals surface area contributed by atoms with E-state index >= 15 is 0 Å². The van der Waals surface area contributed by atoms with Crippen LogP contribution in [0.5, 0.6) is 0 Å². The van der Waals surface area contributed by atoms with Crippen LogP contribution in [0.4, 0.5) is 0 Å². The van der Waals surface area contributed by atoms with Gasteiger partial charge in [0.05, 0.1) is 9.39 Å².